The molecule has 0 amide bonds. The molecule has 0 aromatic heterocycles. The summed E-state index contributed by atoms with van der Waals surface area (Å²) in [5, 5.41) is 0. The van der Waals surface area contributed by atoms with Crippen LogP contribution in [0, 0.1) is 5.82 Å². The molecular formula is C13H18FNO2. The summed E-state index contributed by atoms with van der Waals surface area (Å²) in [5.74, 6) is -0.0551. The van der Waals surface area contributed by atoms with Gasteiger partial charge in [-0.3, -0.25) is 0 Å². The van der Waals surface area contributed by atoms with Gasteiger partial charge >= 0.3 is 0 Å². The molecule has 1 aliphatic rings. The van der Waals surface area contributed by atoms with E-state index in [-0.39, 0.29) is 11.9 Å². The minimum atomic E-state index is -0.347. The Hall–Kier alpha value is -1.13. The van der Waals surface area contributed by atoms with Crippen LogP contribution in [0.25, 0.3) is 0 Å². The number of benzene rings is 1. The molecule has 3 nitrogen and oxygen atoms in total. The van der Waals surface area contributed by atoms with Crippen LogP contribution in [0.1, 0.15) is 24.8 Å². The lowest BCUT2D eigenvalue weighted by Crippen LogP contribution is -2.11. The van der Waals surface area contributed by atoms with Gasteiger partial charge in [-0.2, -0.15) is 0 Å². The molecule has 0 saturated carbocycles. The van der Waals surface area contributed by atoms with Gasteiger partial charge in [-0.25, -0.2) is 4.39 Å². The molecule has 0 radical (unpaired) electrons. The fraction of sp³-hybridized carbons (Fsp3) is 0.538. The van der Waals surface area contributed by atoms with Gasteiger partial charge in [-0.1, -0.05) is 6.07 Å². The molecule has 1 unspecified atom stereocenters. The third-order valence-corrected chi connectivity index (χ3v) is 2.95. The number of ether oxygens (including phenoxy) is 2. The van der Waals surface area contributed by atoms with Gasteiger partial charge in [0, 0.05) is 19.6 Å². The van der Waals surface area contributed by atoms with Crippen LogP contribution in [0.4, 0.5) is 4.39 Å². The van der Waals surface area contributed by atoms with E-state index in [2.05, 4.69) is 0 Å². The molecule has 0 spiro atoms. The highest BCUT2D eigenvalue weighted by Crippen LogP contribution is 2.20. The standard InChI is InChI=1S/C13H18FNO2/c14-12-8-10(9-15)3-4-13(12)17-7-5-11-2-1-6-16-11/h3-4,8,11H,1-2,5-7,9,15H2. The Morgan fingerprint density at radius 3 is 3.00 bits per heavy atom. The maximum atomic E-state index is 13.5. The second kappa shape index (κ2) is 5.98. The molecule has 1 aromatic rings. The van der Waals surface area contributed by atoms with Crippen LogP contribution in [-0.4, -0.2) is 19.3 Å². The lowest BCUT2D eigenvalue weighted by Gasteiger charge is -2.11. The maximum absolute atomic E-state index is 13.5. The molecule has 94 valence electrons. The van der Waals surface area contributed by atoms with E-state index in [1.165, 1.54) is 6.07 Å². The van der Waals surface area contributed by atoms with Crippen LogP contribution < -0.4 is 10.5 Å². The molecule has 4 heteroatoms. The van der Waals surface area contributed by atoms with Gasteiger partial charge in [-0.05, 0) is 30.5 Å². The predicted octanol–water partition coefficient (Wildman–Crippen LogP) is 2.23. The summed E-state index contributed by atoms with van der Waals surface area (Å²) >= 11 is 0. The molecule has 1 aliphatic heterocycles. The third kappa shape index (κ3) is 3.41. The number of nitrogens with two attached hydrogens (primary N) is 1. The lowest BCUT2D eigenvalue weighted by molar-refractivity contribution is 0.0897. The quantitative estimate of drug-likeness (QED) is 0.857. The van der Waals surface area contributed by atoms with E-state index in [4.69, 9.17) is 15.2 Å². The zero-order valence-corrected chi connectivity index (χ0v) is 9.82. The van der Waals surface area contributed by atoms with Crippen molar-refractivity contribution in [1.82, 2.24) is 0 Å². The molecule has 1 aromatic carbocycles. The van der Waals surface area contributed by atoms with E-state index < -0.39 is 0 Å². The smallest absolute Gasteiger partial charge is 0.165 e. The van der Waals surface area contributed by atoms with Gasteiger partial charge in [-0.15, -0.1) is 0 Å². The first-order valence-electron chi connectivity index (χ1n) is 6.02. The second-order valence-corrected chi connectivity index (χ2v) is 4.24. The zero-order valence-electron chi connectivity index (χ0n) is 9.82. The van der Waals surface area contributed by atoms with E-state index in [1.807, 2.05) is 0 Å². The summed E-state index contributed by atoms with van der Waals surface area (Å²) in [7, 11) is 0. The highest BCUT2D eigenvalue weighted by molar-refractivity contribution is 5.29. The van der Waals surface area contributed by atoms with Gasteiger partial charge in [0.05, 0.1) is 12.7 Å². The number of hydrogen-bond acceptors (Lipinski definition) is 3. The fourth-order valence-electron chi connectivity index (χ4n) is 1.96. The van der Waals surface area contributed by atoms with Crippen molar-refractivity contribution in [3.05, 3.63) is 29.6 Å². The first kappa shape index (κ1) is 12.3. The highest BCUT2D eigenvalue weighted by atomic mass is 19.1. The predicted molar refractivity (Wildman–Crippen MR) is 63.4 cm³/mol. The zero-order chi connectivity index (χ0) is 12.1. The van der Waals surface area contributed by atoms with E-state index in [0.29, 0.717) is 18.9 Å². The Bertz CT molecular complexity index is 364. The van der Waals surface area contributed by atoms with E-state index >= 15 is 0 Å². The molecule has 1 atom stereocenters. The summed E-state index contributed by atoms with van der Waals surface area (Å²) in [4.78, 5) is 0. The average molecular weight is 239 g/mol. The molecule has 1 fully saturated rings. The Morgan fingerprint density at radius 2 is 2.35 bits per heavy atom. The average Bonchev–Trinajstić information content (AvgIpc) is 2.84. The molecular weight excluding hydrogens is 221 g/mol. The number of rotatable bonds is 5. The molecule has 17 heavy (non-hydrogen) atoms. The molecule has 2 rings (SSSR count). The minimum absolute atomic E-state index is 0.279. The fourth-order valence-corrected chi connectivity index (χ4v) is 1.96. The van der Waals surface area contributed by atoms with Crippen molar-refractivity contribution >= 4 is 0 Å². The van der Waals surface area contributed by atoms with Crippen molar-refractivity contribution in [2.75, 3.05) is 13.2 Å². The Balaban J connectivity index is 1.81. The van der Waals surface area contributed by atoms with Crippen LogP contribution in [-0.2, 0) is 11.3 Å². The molecule has 2 N–H and O–H groups in total. The van der Waals surface area contributed by atoms with E-state index in [9.17, 15) is 4.39 Å². The topological polar surface area (TPSA) is 44.5 Å². The van der Waals surface area contributed by atoms with E-state index in [1.54, 1.807) is 12.1 Å². The van der Waals surface area contributed by atoms with Gasteiger partial charge in [0.25, 0.3) is 0 Å². The van der Waals surface area contributed by atoms with Crippen LogP contribution >= 0.6 is 0 Å². The Labute approximate surface area is 101 Å². The molecule has 0 aliphatic carbocycles. The van der Waals surface area contributed by atoms with Crippen molar-refractivity contribution in [2.24, 2.45) is 5.73 Å². The first-order valence-corrected chi connectivity index (χ1v) is 6.02. The lowest BCUT2D eigenvalue weighted by atomic mass is 10.2. The second-order valence-electron chi connectivity index (χ2n) is 4.24. The highest BCUT2D eigenvalue weighted by Gasteiger charge is 2.15. The van der Waals surface area contributed by atoms with Gasteiger partial charge < -0.3 is 15.2 Å². The van der Waals surface area contributed by atoms with Crippen LogP contribution in [0.2, 0.25) is 0 Å². The Morgan fingerprint density at radius 1 is 1.47 bits per heavy atom. The summed E-state index contributed by atoms with van der Waals surface area (Å²) in [6.07, 6.45) is 3.29. The van der Waals surface area contributed by atoms with Crippen molar-refractivity contribution in [3.63, 3.8) is 0 Å². The summed E-state index contributed by atoms with van der Waals surface area (Å²) in [6.45, 7) is 1.67. The van der Waals surface area contributed by atoms with Crippen LogP contribution in [0.3, 0.4) is 0 Å². The summed E-state index contributed by atoms with van der Waals surface area (Å²) < 4.78 is 24.4. The molecule has 0 bridgehead atoms. The van der Waals surface area contributed by atoms with E-state index in [0.717, 1.165) is 31.4 Å². The number of halogens is 1. The van der Waals surface area contributed by atoms with Crippen LogP contribution in [0.15, 0.2) is 18.2 Å². The number of hydrogen-bond donors (Lipinski definition) is 1. The van der Waals surface area contributed by atoms with Crippen molar-refractivity contribution in [1.29, 1.82) is 0 Å². The van der Waals surface area contributed by atoms with Gasteiger partial charge in [0.15, 0.2) is 11.6 Å². The molecule has 1 saturated heterocycles. The van der Waals surface area contributed by atoms with Crippen LogP contribution in [0.5, 0.6) is 5.75 Å². The third-order valence-electron chi connectivity index (χ3n) is 2.95. The van der Waals surface area contributed by atoms with Crippen molar-refractivity contribution < 1.29 is 13.9 Å². The summed E-state index contributed by atoms with van der Waals surface area (Å²) in [5.41, 5.74) is 6.20. The first-order chi connectivity index (χ1) is 8.29. The molecule has 1 heterocycles. The summed E-state index contributed by atoms with van der Waals surface area (Å²) in [6, 6.07) is 4.83. The van der Waals surface area contributed by atoms with Gasteiger partial charge in [0.2, 0.25) is 0 Å². The maximum Gasteiger partial charge on any atom is 0.165 e. The van der Waals surface area contributed by atoms with Crippen molar-refractivity contribution in [2.45, 2.75) is 31.9 Å². The minimum Gasteiger partial charge on any atom is -0.490 e. The SMILES string of the molecule is NCc1ccc(OCCC2CCCO2)c(F)c1. The largest absolute Gasteiger partial charge is 0.490 e. The van der Waals surface area contributed by atoms with Gasteiger partial charge in [0.1, 0.15) is 0 Å². The van der Waals surface area contributed by atoms with Crippen molar-refractivity contribution in [3.8, 4) is 5.75 Å². The normalized spacial score (nSPS) is 19.5. The Kier molecular flexibility index (Phi) is 4.34. The monoisotopic (exact) mass is 239 g/mol.